The number of carbonyl (C=O) groups excluding carboxylic acids is 1. The average molecular weight is 353 g/mol. The molecule has 2 unspecified atom stereocenters. The van der Waals surface area contributed by atoms with E-state index in [0.717, 1.165) is 11.1 Å². The minimum Gasteiger partial charge on any atom is -0.483 e. The number of nitrogens with zero attached hydrogens (tertiary/aromatic N) is 1. The lowest BCUT2D eigenvalue weighted by Crippen LogP contribution is -2.46. The van der Waals surface area contributed by atoms with Crippen molar-refractivity contribution >= 4 is 11.9 Å². The van der Waals surface area contributed by atoms with E-state index in [9.17, 15) is 14.7 Å². The number of benzene rings is 2. The molecule has 26 heavy (non-hydrogen) atoms. The number of aliphatic carboxylic acids is 1. The highest BCUT2D eigenvalue weighted by Gasteiger charge is 2.33. The Bertz CT molecular complexity index is 775. The number of piperidine rings is 1. The van der Waals surface area contributed by atoms with E-state index in [0.29, 0.717) is 25.3 Å². The van der Waals surface area contributed by atoms with Crippen LogP contribution in [0.5, 0.6) is 5.75 Å². The Labute approximate surface area is 153 Å². The molecule has 2 aromatic rings. The molecule has 2 aromatic carbocycles. The monoisotopic (exact) mass is 353 g/mol. The molecule has 0 aliphatic carbocycles. The van der Waals surface area contributed by atoms with Gasteiger partial charge >= 0.3 is 5.97 Å². The van der Waals surface area contributed by atoms with Crippen molar-refractivity contribution in [3.63, 3.8) is 0 Å². The van der Waals surface area contributed by atoms with Crippen molar-refractivity contribution in [3.8, 4) is 16.9 Å². The smallest absolute Gasteiger partial charge is 0.306 e. The third-order valence-electron chi connectivity index (χ3n) is 4.90. The number of hydrogen-bond donors (Lipinski definition) is 1. The van der Waals surface area contributed by atoms with Crippen LogP contribution in [0.15, 0.2) is 54.6 Å². The van der Waals surface area contributed by atoms with Crippen LogP contribution in [-0.4, -0.2) is 41.6 Å². The molecular weight excluding hydrogens is 330 g/mol. The molecule has 1 aliphatic rings. The molecule has 1 N–H and O–H groups in total. The van der Waals surface area contributed by atoms with Crippen molar-refractivity contribution in [2.75, 3.05) is 19.7 Å². The number of amides is 1. The Morgan fingerprint density at radius 1 is 1.12 bits per heavy atom. The second-order valence-electron chi connectivity index (χ2n) is 6.70. The van der Waals surface area contributed by atoms with Crippen LogP contribution in [0.25, 0.3) is 11.1 Å². The number of rotatable bonds is 5. The average Bonchev–Trinajstić information content (AvgIpc) is 2.66. The Kier molecular flexibility index (Phi) is 5.56. The topological polar surface area (TPSA) is 66.8 Å². The van der Waals surface area contributed by atoms with Gasteiger partial charge < -0.3 is 14.7 Å². The van der Waals surface area contributed by atoms with Gasteiger partial charge in [0.05, 0.1) is 5.92 Å². The zero-order chi connectivity index (χ0) is 18.5. The van der Waals surface area contributed by atoms with Gasteiger partial charge in [-0.2, -0.15) is 0 Å². The fraction of sp³-hybridized carbons (Fsp3) is 0.333. The van der Waals surface area contributed by atoms with Gasteiger partial charge in [-0.3, -0.25) is 9.59 Å². The Morgan fingerprint density at radius 3 is 2.50 bits per heavy atom. The van der Waals surface area contributed by atoms with Gasteiger partial charge in [0.15, 0.2) is 6.61 Å². The number of carboxylic acid groups (broad SMARTS) is 1. The van der Waals surface area contributed by atoms with Crippen LogP contribution in [0.2, 0.25) is 0 Å². The predicted octanol–water partition coefficient (Wildman–Crippen LogP) is 3.30. The molecule has 0 spiro atoms. The molecule has 0 saturated carbocycles. The summed E-state index contributed by atoms with van der Waals surface area (Å²) in [7, 11) is 0. The molecule has 3 rings (SSSR count). The van der Waals surface area contributed by atoms with Crippen molar-refractivity contribution in [1.29, 1.82) is 0 Å². The predicted molar refractivity (Wildman–Crippen MR) is 98.9 cm³/mol. The van der Waals surface area contributed by atoms with E-state index in [-0.39, 0.29) is 24.3 Å². The zero-order valence-corrected chi connectivity index (χ0v) is 14.8. The second kappa shape index (κ2) is 8.04. The number of likely N-dealkylation sites (tertiary alicyclic amines) is 1. The van der Waals surface area contributed by atoms with Crippen molar-refractivity contribution < 1.29 is 19.4 Å². The quantitative estimate of drug-likeness (QED) is 0.896. The zero-order valence-electron chi connectivity index (χ0n) is 14.8. The van der Waals surface area contributed by atoms with E-state index in [1.165, 1.54) is 0 Å². The normalized spacial score (nSPS) is 19.8. The molecule has 0 aromatic heterocycles. The van der Waals surface area contributed by atoms with Gasteiger partial charge in [0.25, 0.3) is 5.91 Å². The molecule has 1 heterocycles. The van der Waals surface area contributed by atoms with Crippen LogP contribution in [0.3, 0.4) is 0 Å². The minimum absolute atomic E-state index is 0.0473. The Morgan fingerprint density at radius 2 is 1.81 bits per heavy atom. The van der Waals surface area contributed by atoms with Gasteiger partial charge in [-0.1, -0.05) is 55.5 Å². The fourth-order valence-electron chi connectivity index (χ4n) is 3.42. The number of carboxylic acids is 1. The van der Waals surface area contributed by atoms with E-state index < -0.39 is 5.97 Å². The van der Waals surface area contributed by atoms with Crippen LogP contribution in [0, 0.1) is 11.8 Å². The van der Waals surface area contributed by atoms with Gasteiger partial charge in [-0.05, 0) is 24.0 Å². The van der Waals surface area contributed by atoms with Gasteiger partial charge in [0, 0.05) is 18.7 Å². The van der Waals surface area contributed by atoms with Gasteiger partial charge in [-0.15, -0.1) is 0 Å². The lowest BCUT2D eigenvalue weighted by atomic mass is 9.87. The lowest BCUT2D eigenvalue weighted by Gasteiger charge is -2.34. The summed E-state index contributed by atoms with van der Waals surface area (Å²) in [5.41, 5.74) is 1.98. The first kappa shape index (κ1) is 18.0. The van der Waals surface area contributed by atoms with E-state index in [4.69, 9.17) is 4.74 Å². The number of carbonyl (C=O) groups is 2. The molecule has 1 fully saturated rings. The Hall–Kier alpha value is -2.82. The number of para-hydroxylation sites is 1. The van der Waals surface area contributed by atoms with E-state index in [1.807, 2.05) is 61.5 Å². The summed E-state index contributed by atoms with van der Waals surface area (Å²) < 4.78 is 5.81. The summed E-state index contributed by atoms with van der Waals surface area (Å²) in [5, 5.41) is 9.20. The standard InChI is InChI=1S/C21H23NO4/c1-15-13-22(12-11-17(15)21(24)25)20(23)14-26-19-10-6-5-9-18(19)16-7-3-2-4-8-16/h2-10,15,17H,11-14H2,1H3,(H,24,25). The molecule has 2 atom stereocenters. The molecule has 5 nitrogen and oxygen atoms in total. The van der Waals surface area contributed by atoms with Gasteiger partial charge in [-0.25, -0.2) is 0 Å². The maximum Gasteiger partial charge on any atom is 0.306 e. The first-order valence-electron chi connectivity index (χ1n) is 8.84. The summed E-state index contributed by atoms with van der Waals surface area (Å²) in [6.45, 7) is 2.75. The third kappa shape index (κ3) is 4.04. The summed E-state index contributed by atoms with van der Waals surface area (Å²) in [4.78, 5) is 25.4. The van der Waals surface area contributed by atoms with Crippen LogP contribution in [0.4, 0.5) is 0 Å². The molecule has 0 radical (unpaired) electrons. The summed E-state index contributed by atoms with van der Waals surface area (Å²) in [5.74, 6) is -0.651. The highest BCUT2D eigenvalue weighted by atomic mass is 16.5. The summed E-state index contributed by atoms with van der Waals surface area (Å²) >= 11 is 0. The SMILES string of the molecule is CC1CN(C(=O)COc2ccccc2-c2ccccc2)CCC1C(=O)O. The third-order valence-corrected chi connectivity index (χ3v) is 4.90. The minimum atomic E-state index is -0.780. The highest BCUT2D eigenvalue weighted by molar-refractivity contribution is 5.79. The fourth-order valence-corrected chi connectivity index (χ4v) is 3.42. The maximum absolute atomic E-state index is 12.5. The van der Waals surface area contributed by atoms with E-state index >= 15 is 0 Å². The van der Waals surface area contributed by atoms with Gasteiger partial charge in [0.1, 0.15) is 5.75 Å². The molecule has 5 heteroatoms. The molecule has 1 aliphatic heterocycles. The maximum atomic E-state index is 12.5. The first-order chi connectivity index (χ1) is 12.6. The second-order valence-corrected chi connectivity index (χ2v) is 6.70. The van der Waals surface area contributed by atoms with Gasteiger partial charge in [0.2, 0.25) is 0 Å². The van der Waals surface area contributed by atoms with Crippen molar-refractivity contribution in [2.45, 2.75) is 13.3 Å². The first-order valence-corrected chi connectivity index (χ1v) is 8.84. The molecule has 1 saturated heterocycles. The highest BCUT2D eigenvalue weighted by Crippen LogP contribution is 2.30. The molecule has 136 valence electrons. The van der Waals surface area contributed by atoms with Crippen molar-refractivity contribution in [3.05, 3.63) is 54.6 Å². The Balaban J connectivity index is 1.63. The molecular formula is C21H23NO4. The van der Waals surface area contributed by atoms with Crippen LogP contribution in [0.1, 0.15) is 13.3 Å². The van der Waals surface area contributed by atoms with Crippen molar-refractivity contribution in [2.24, 2.45) is 11.8 Å². The molecule has 0 bridgehead atoms. The van der Waals surface area contributed by atoms with Crippen LogP contribution < -0.4 is 4.74 Å². The van der Waals surface area contributed by atoms with Crippen LogP contribution >= 0.6 is 0 Å². The summed E-state index contributed by atoms with van der Waals surface area (Å²) in [6, 6.07) is 17.5. The largest absolute Gasteiger partial charge is 0.483 e. The number of hydrogen-bond acceptors (Lipinski definition) is 3. The summed E-state index contributed by atoms with van der Waals surface area (Å²) in [6.07, 6.45) is 0.489. The lowest BCUT2D eigenvalue weighted by molar-refractivity contribution is -0.148. The van der Waals surface area contributed by atoms with E-state index in [2.05, 4.69) is 0 Å². The number of ether oxygens (including phenoxy) is 1. The van der Waals surface area contributed by atoms with Crippen molar-refractivity contribution in [1.82, 2.24) is 4.90 Å². The van der Waals surface area contributed by atoms with Crippen LogP contribution in [-0.2, 0) is 9.59 Å². The van der Waals surface area contributed by atoms with E-state index in [1.54, 1.807) is 4.90 Å². The molecule has 1 amide bonds.